The van der Waals surface area contributed by atoms with Crippen molar-refractivity contribution < 1.29 is 17.6 Å². The van der Waals surface area contributed by atoms with Crippen LogP contribution in [0.4, 0.5) is 5.69 Å². The zero-order valence-corrected chi connectivity index (χ0v) is 14.8. The first kappa shape index (κ1) is 18.4. The Bertz CT molecular complexity index is 758. The molecule has 0 fully saturated rings. The van der Waals surface area contributed by atoms with Crippen LogP contribution < -0.4 is 9.62 Å². The lowest BCUT2D eigenvalue weighted by Gasteiger charge is -2.22. The molecule has 6 nitrogen and oxygen atoms in total. The van der Waals surface area contributed by atoms with Crippen LogP contribution >= 0.6 is 11.6 Å². The number of halogens is 1. The van der Waals surface area contributed by atoms with E-state index in [2.05, 4.69) is 5.32 Å². The second kappa shape index (κ2) is 8.21. The summed E-state index contributed by atoms with van der Waals surface area (Å²) in [5.74, 6) is 0.512. The number of carbonyl (C=O) groups excluding carboxylic acids is 1. The molecular weight excluding hydrogens is 352 g/mol. The van der Waals surface area contributed by atoms with E-state index in [-0.39, 0.29) is 18.9 Å². The minimum atomic E-state index is -3.43. The molecule has 1 N–H and O–H groups in total. The van der Waals surface area contributed by atoms with Crippen LogP contribution in [0.2, 0.25) is 5.02 Å². The molecule has 0 aliphatic carbocycles. The predicted octanol–water partition coefficient (Wildman–Crippen LogP) is 2.80. The van der Waals surface area contributed by atoms with Gasteiger partial charge in [0.25, 0.3) is 0 Å². The van der Waals surface area contributed by atoms with Crippen molar-refractivity contribution in [3.05, 3.63) is 53.4 Å². The molecule has 24 heavy (non-hydrogen) atoms. The number of anilines is 1. The smallest absolute Gasteiger partial charge is 0.232 e. The fourth-order valence-corrected chi connectivity index (χ4v) is 3.26. The van der Waals surface area contributed by atoms with Crippen LogP contribution in [0.3, 0.4) is 0 Å². The van der Waals surface area contributed by atoms with Gasteiger partial charge in [-0.05, 0) is 42.8 Å². The van der Waals surface area contributed by atoms with E-state index in [0.29, 0.717) is 29.4 Å². The summed E-state index contributed by atoms with van der Waals surface area (Å²) < 4.78 is 30.3. The van der Waals surface area contributed by atoms with Gasteiger partial charge in [0, 0.05) is 18.0 Å². The first-order chi connectivity index (χ1) is 11.4. The average Bonchev–Trinajstić information content (AvgIpc) is 3.03. The highest BCUT2D eigenvalue weighted by Crippen LogP contribution is 2.20. The van der Waals surface area contributed by atoms with Gasteiger partial charge < -0.3 is 9.73 Å². The summed E-state index contributed by atoms with van der Waals surface area (Å²) in [5.41, 5.74) is 0.526. The molecule has 0 aliphatic rings. The van der Waals surface area contributed by atoms with E-state index in [4.69, 9.17) is 16.0 Å². The fraction of sp³-hybridized carbons (Fsp3) is 0.312. The number of sulfonamides is 1. The molecule has 130 valence electrons. The van der Waals surface area contributed by atoms with Crippen LogP contribution in [0.25, 0.3) is 0 Å². The van der Waals surface area contributed by atoms with Crippen LogP contribution in [-0.4, -0.2) is 27.1 Å². The van der Waals surface area contributed by atoms with Crippen molar-refractivity contribution in [3.63, 3.8) is 0 Å². The molecule has 0 atom stereocenters. The fourth-order valence-electron chi connectivity index (χ4n) is 2.16. The van der Waals surface area contributed by atoms with Crippen molar-refractivity contribution in [1.82, 2.24) is 5.32 Å². The van der Waals surface area contributed by atoms with Crippen LogP contribution in [0.1, 0.15) is 18.6 Å². The number of nitrogens with one attached hydrogen (secondary N) is 1. The number of hydrogen-bond acceptors (Lipinski definition) is 4. The van der Waals surface area contributed by atoms with E-state index in [1.54, 1.807) is 36.4 Å². The Balaban J connectivity index is 1.87. The Morgan fingerprint density at radius 3 is 2.54 bits per heavy atom. The first-order valence-electron chi connectivity index (χ1n) is 7.38. The quantitative estimate of drug-likeness (QED) is 0.774. The average molecular weight is 371 g/mol. The molecule has 0 saturated carbocycles. The summed E-state index contributed by atoms with van der Waals surface area (Å²) in [5, 5.41) is 3.26. The van der Waals surface area contributed by atoms with E-state index in [9.17, 15) is 13.2 Å². The lowest BCUT2D eigenvalue weighted by Crippen LogP contribution is -2.32. The second-order valence-electron chi connectivity index (χ2n) is 5.27. The lowest BCUT2D eigenvalue weighted by atomic mass is 10.2. The van der Waals surface area contributed by atoms with Crippen LogP contribution in [-0.2, 0) is 21.4 Å². The van der Waals surface area contributed by atoms with E-state index < -0.39 is 10.0 Å². The largest absolute Gasteiger partial charge is 0.467 e. The summed E-state index contributed by atoms with van der Waals surface area (Å²) in [4.78, 5) is 11.8. The van der Waals surface area contributed by atoms with E-state index in [1.165, 1.54) is 10.6 Å². The van der Waals surface area contributed by atoms with Crippen molar-refractivity contribution in [2.45, 2.75) is 19.4 Å². The minimum absolute atomic E-state index is 0.157. The van der Waals surface area contributed by atoms with Gasteiger partial charge in [-0.25, -0.2) is 8.42 Å². The molecule has 0 radical (unpaired) electrons. The predicted molar refractivity (Wildman–Crippen MR) is 93.4 cm³/mol. The number of furan rings is 1. The zero-order chi connectivity index (χ0) is 17.6. The van der Waals surface area contributed by atoms with Gasteiger partial charge >= 0.3 is 0 Å². The van der Waals surface area contributed by atoms with Crippen molar-refractivity contribution in [3.8, 4) is 0 Å². The van der Waals surface area contributed by atoms with E-state index >= 15 is 0 Å². The Morgan fingerprint density at radius 2 is 1.96 bits per heavy atom. The normalized spacial score (nSPS) is 11.2. The van der Waals surface area contributed by atoms with Crippen molar-refractivity contribution in [2.24, 2.45) is 0 Å². The highest BCUT2D eigenvalue weighted by molar-refractivity contribution is 7.92. The minimum Gasteiger partial charge on any atom is -0.467 e. The molecule has 1 aromatic carbocycles. The summed E-state index contributed by atoms with van der Waals surface area (Å²) in [7, 11) is -3.43. The summed E-state index contributed by atoms with van der Waals surface area (Å²) >= 11 is 5.83. The Labute approximate surface area is 146 Å². The van der Waals surface area contributed by atoms with Gasteiger partial charge in [-0.1, -0.05) is 11.6 Å². The van der Waals surface area contributed by atoms with Crippen molar-refractivity contribution >= 4 is 33.2 Å². The van der Waals surface area contributed by atoms with Gasteiger partial charge in [-0.15, -0.1) is 0 Å². The van der Waals surface area contributed by atoms with Gasteiger partial charge in [0.05, 0.1) is 24.8 Å². The van der Waals surface area contributed by atoms with Crippen molar-refractivity contribution in [1.29, 1.82) is 0 Å². The Kier molecular flexibility index (Phi) is 6.28. The number of benzene rings is 1. The lowest BCUT2D eigenvalue weighted by molar-refractivity contribution is -0.121. The molecule has 1 heterocycles. The maximum Gasteiger partial charge on any atom is 0.232 e. The SMILES string of the molecule is CS(=O)(=O)N(CCCC(=O)NCc1ccco1)c1ccc(Cl)cc1. The molecular formula is C16H19ClN2O4S. The van der Waals surface area contributed by atoms with Gasteiger partial charge in [-0.2, -0.15) is 0 Å². The van der Waals surface area contributed by atoms with Gasteiger partial charge in [0.1, 0.15) is 5.76 Å². The Hall–Kier alpha value is -1.99. The van der Waals surface area contributed by atoms with E-state index in [0.717, 1.165) is 6.26 Å². The molecule has 0 aliphatic heterocycles. The topological polar surface area (TPSA) is 79.6 Å². The maximum absolute atomic E-state index is 12.0. The third-order valence-electron chi connectivity index (χ3n) is 3.32. The Morgan fingerprint density at radius 1 is 1.25 bits per heavy atom. The molecule has 2 rings (SSSR count). The first-order valence-corrected chi connectivity index (χ1v) is 9.61. The molecule has 0 spiro atoms. The molecule has 2 aromatic rings. The molecule has 1 aromatic heterocycles. The monoisotopic (exact) mass is 370 g/mol. The van der Waals surface area contributed by atoms with Gasteiger partial charge in [0.15, 0.2) is 0 Å². The summed E-state index contributed by atoms with van der Waals surface area (Å²) in [6.45, 7) is 0.535. The summed E-state index contributed by atoms with van der Waals surface area (Å²) in [6.07, 6.45) is 3.30. The number of amides is 1. The third-order valence-corrected chi connectivity index (χ3v) is 4.77. The maximum atomic E-state index is 12.0. The van der Waals surface area contributed by atoms with Crippen LogP contribution in [0.15, 0.2) is 47.1 Å². The molecule has 0 unspecified atom stereocenters. The molecule has 0 saturated heterocycles. The third kappa shape index (κ3) is 5.58. The van der Waals surface area contributed by atoms with Gasteiger partial charge in [-0.3, -0.25) is 9.10 Å². The van der Waals surface area contributed by atoms with Gasteiger partial charge in [0.2, 0.25) is 15.9 Å². The van der Waals surface area contributed by atoms with Crippen LogP contribution in [0.5, 0.6) is 0 Å². The molecule has 8 heteroatoms. The summed E-state index contributed by atoms with van der Waals surface area (Å²) in [6, 6.07) is 10.1. The van der Waals surface area contributed by atoms with Crippen LogP contribution in [0, 0.1) is 0 Å². The molecule has 1 amide bonds. The van der Waals surface area contributed by atoms with Crippen molar-refractivity contribution in [2.75, 3.05) is 17.1 Å². The zero-order valence-electron chi connectivity index (χ0n) is 13.2. The van der Waals surface area contributed by atoms with E-state index in [1.807, 2.05) is 0 Å². The molecule has 0 bridgehead atoms. The second-order valence-corrected chi connectivity index (χ2v) is 7.61. The number of nitrogens with zero attached hydrogens (tertiary/aromatic N) is 1. The number of rotatable bonds is 8. The number of carbonyl (C=O) groups is 1. The highest BCUT2D eigenvalue weighted by Gasteiger charge is 2.17. The number of hydrogen-bond donors (Lipinski definition) is 1. The highest BCUT2D eigenvalue weighted by atomic mass is 35.5. The standard InChI is InChI=1S/C16H19ClN2O4S/c1-24(21,22)19(14-8-6-13(17)7-9-14)10-2-5-16(20)18-12-15-4-3-11-23-15/h3-4,6-9,11H,2,5,10,12H2,1H3,(H,18,20).